The maximum Gasteiger partial charge on any atom is 0.407 e. The Morgan fingerprint density at radius 2 is 0.790 bits per heavy atom. The summed E-state index contributed by atoms with van der Waals surface area (Å²) in [6, 6.07) is 0. The molecule has 124 heavy (non-hydrogen) atoms. The fourth-order valence-electron chi connectivity index (χ4n) is 15.8. The zero-order valence-corrected chi connectivity index (χ0v) is 76.8. The van der Waals surface area contributed by atoms with E-state index < -0.39 is 123 Å². The van der Waals surface area contributed by atoms with Gasteiger partial charge in [0.15, 0.2) is 18.9 Å². The highest BCUT2D eigenvalue weighted by molar-refractivity contribution is 8.77. The minimum Gasteiger partial charge on any atom is -0.466 e. The predicted octanol–water partition coefficient (Wildman–Crippen LogP) is 6.92. The van der Waals surface area contributed by atoms with Crippen LogP contribution in [0.4, 0.5) is 4.79 Å². The van der Waals surface area contributed by atoms with E-state index in [1.807, 2.05) is 0 Å². The molecule has 720 valence electrons. The molecule has 1 aliphatic carbocycles. The number of ether oxygens (including phenoxy) is 11. The van der Waals surface area contributed by atoms with Gasteiger partial charge in [-0.1, -0.05) is 93.7 Å². The molecule has 0 bridgehead atoms. The fourth-order valence-corrected chi connectivity index (χ4v) is 18.4. The smallest absolute Gasteiger partial charge is 0.407 e. The number of esters is 2. The van der Waals surface area contributed by atoms with Crippen LogP contribution >= 0.6 is 21.6 Å². The Morgan fingerprint density at radius 1 is 0.403 bits per heavy atom. The molecule has 4 aliphatic rings. The highest BCUT2D eigenvalue weighted by atomic mass is 33.1. The molecule has 34 nitrogen and oxygen atoms in total. The second-order valence-corrected chi connectivity index (χ2v) is 37.7. The molecule has 4 fully saturated rings. The second kappa shape index (κ2) is 65.1. The van der Waals surface area contributed by atoms with Crippen molar-refractivity contribution < 1.29 is 141 Å². The lowest BCUT2D eigenvalue weighted by molar-refractivity contribution is -0.282. The monoisotopic (exact) mass is 1810 g/mol. The number of carbonyl (C=O) groups excluding carboxylic acids is 9. The van der Waals surface area contributed by atoms with Gasteiger partial charge in [-0.3, -0.25) is 38.4 Å². The van der Waals surface area contributed by atoms with Crippen LogP contribution in [0.15, 0.2) is 0 Å². The number of amides is 5. The van der Waals surface area contributed by atoms with Crippen LogP contribution in [-0.2, 0) is 90.5 Å². The summed E-state index contributed by atoms with van der Waals surface area (Å²) in [4.78, 5) is 118. The number of ketones is 2. The van der Waals surface area contributed by atoms with E-state index in [-0.39, 0.29) is 148 Å². The van der Waals surface area contributed by atoms with Crippen molar-refractivity contribution in [3.63, 3.8) is 0 Å². The van der Waals surface area contributed by atoms with E-state index in [0.29, 0.717) is 161 Å². The van der Waals surface area contributed by atoms with E-state index in [9.17, 15) is 89.1 Å². The van der Waals surface area contributed by atoms with Gasteiger partial charge in [0.25, 0.3) is 0 Å². The molecule has 0 radical (unpaired) electrons. The van der Waals surface area contributed by atoms with Gasteiger partial charge >= 0.3 is 18.0 Å². The largest absolute Gasteiger partial charge is 0.466 e. The number of alkyl carbamates (subject to hydrolysis) is 1. The van der Waals surface area contributed by atoms with E-state index >= 15 is 0 Å². The first-order valence-electron chi connectivity index (χ1n) is 45.9. The van der Waals surface area contributed by atoms with E-state index in [1.165, 1.54) is 0 Å². The molecule has 36 heteroatoms. The van der Waals surface area contributed by atoms with Crippen LogP contribution < -0.4 is 26.6 Å². The van der Waals surface area contributed by atoms with Crippen LogP contribution in [0.2, 0.25) is 0 Å². The van der Waals surface area contributed by atoms with Crippen molar-refractivity contribution in [2.45, 2.75) is 362 Å². The molecule has 18 atom stereocenters. The number of aliphatic hydroxyl groups is 9. The molecular formula is C88H157N5O29S2. The van der Waals surface area contributed by atoms with Crippen LogP contribution in [0, 0.1) is 29.6 Å². The quantitative estimate of drug-likeness (QED) is 0.0127. The first kappa shape index (κ1) is 112. The lowest BCUT2D eigenvalue weighted by Crippen LogP contribution is -2.55. The number of Topliss-reactive ketones (excluding diaryl/α,β-unsaturated/α-hetero) is 2. The summed E-state index contributed by atoms with van der Waals surface area (Å²) in [5.74, 6) is -2.08. The van der Waals surface area contributed by atoms with E-state index in [0.717, 1.165) is 77.0 Å². The topological polar surface area (TPSA) is 497 Å². The van der Waals surface area contributed by atoms with Crippen LogP contribution in [-0.4, -0.2) is 302 Å². The van der Waals surface area contributed by atoms with Gasteiger partial charge in [-0.05, 0) is 148 Å². The van der Waals surface area contributed by atoms with Crippen LogP contribution in [0.5, 0.6) is 0 Å². The highest BCUT2D eigenvalue weighted by Gasteiger charge is 2.46. The molecule has 3 aliphatic heterocycles. The van der Waals surface area contributed by atoms with Crippen LogP contribution in [0.25, 0.3) is 0 Å². The molecular weight excluding hydrogens is 1660 g/mol. The van der Waals surface area contributed by atoms with Crippen molar-refractivity contribution in [1.29, 1.82) is 0 Å². The van der Waals surface area contributed by atoms with E-state index in [1.54, 1.807) is 56.6 Å². The Kier molecular flexibility index (Phi) is 58.7. The number of carbonyl (C=O) groups is 9. The summed E-state index contributed by atoms with van der Waals surface area (Å²) >= 11 is 0. The Morgan fingerprint density at radius 3 is 1.20 bits per heavy atom. The Hall–Kier alpha value is -4.55. The van der Waals surface area contributed by atoms with Crippen molar-refractivity contribution in [3.8, 4) is 0 Å². The van der Waals surface area contributed by atoms with Crippen molar-refractivity contribution in [2.75, 3.05) is 112 Å². The Labute approximate surface area is 743 Å². The summed E-state index contributed by atoms with van der Waals surface area (Å²) in [7, 11) is 6.48. The molecule has 16 unspecified atom stereocenters. The summed E-state index contributed by atoms with van der Waals surface area (Å²) in [5, 5.41) is 105. The highest BCUT2D eigenvalue weighted by Crippen LogP contribution is 2.40. The molecule has 4 rings (SSSR count). The molecule has 0 aromatic carbocycles. The Bertz CT molecular complexity index is 2750. The van der Waals surface area contributed by atoms with Gasteiger partial charge in [-0.25, -0.2) is 4.79 Å². The maximum atomic E-state index is 14.3. The van der Waals surface area contributed by atoms with E-state index in [2.05, 4.69) is 40.4 Å². The van der Waals surface area contributed by atoms with Crippen molar-refractivity contribution >= 4 is 74.8 Å². The molecule has 5 amide bonds. The number of methoxy groups -OCH3 is 2. The predicted molar refractivity (Wildman–Crippen MR) is 464 cm³/mol. The maximum absolute atomic E-state index is 14.3. The number of hydrogen-bond acceptors (Lipinski definition) is 31. The minimum atomic E-state index is -1.23. The fraction of sp³-hybridized carbons (Fsp3) is 0.898. The first-order chi connectivity index (χ1) is 59.5. The van der Waals surface area contributed by atoms with Crippen molar-refractivity contribution in [2.24, 2.45) is 29.6 Å². The minimum absolute atomic E-state index is 0.0203. The third kappa shape index (κ3) is 45.8. The number of unbranched alkanes of at least 4 members (excludes halogenated alkanes) is 12. The lowest BCUT2D eigenvalue weighted by atomic mass is 9.83. The third-order valence-electron chi connectivity index (χ3n) is 23.7. The number of hydrogen-bond donors (Lipinski definition) is 14. The van der Waals surface area contributed by atoms with Gasteiger partial charge in [0.1, 0.15) is 48.2 Å². The zero-order valence-electron chi connectivity index (χ0n) is 75.2. The SMILES string of the molecule is COC[C@H]1C[C@H](OC)CC1C(=O)CCCCC(=O)CCC(C)(C)SSCCC(=O)NC(CCCOC(=O)CCCCCCCNC(=O)CCCOC1OC(CO)C(O)C(O)C1C)(CCCOC(=O)CCCCCCCNC(=O)CCCOC1OC(CO)C(O)C(O)C1C)CCCOC(=O)NCCCCCCNC(=O)CCCOC1OC(CO)C(O)C(O)C1C. The molecule has 0 spiro atoms. The second-order valence-electron chi connectivity index (χ2n) is 34.5. The lowest BCUT2D eigenvalue weighted by Gasteiger charge is -2.40. The zero-order chi connectivity index (χ0) is 91.1. The van der Waals surface area contributed by atoms with Crippen LogP contribution in [0.1, 0.15) is 272 Å². The van der Waals surface area contributed by atoms with Crippen LogP contribution in [0.3, 0.4) is 0 Å². The molecule has 0 aromatic rings. The number of nitrogens with one attached hydrogen (secondary N) is 5. The van der Waals surface area contributed by atoms with Gasteiger partial charge < -0.3 is 125 Å². The number of rotatable bonds is 71. The van der Waals surface area contributed by atoms with Gasteiger partial charge in [-0.15, -0.1) is 0 Å². The average Bonchev–Trinajstić information content (AvgIpc) is 1.17. The summed E-state index contributed by atoms with van der Waals surface area (Å²) in [5.41, 5.74) is -0.908. The standard InChI is InChI=1S/C88H157N5O29S2/c1-60-77(105)80(108)68(56-94)120-83(60)116-47-24-32-71(99)89-43-20-12-8-10-16-35-75(103)114-50-27-39-88(93-74(102)38-53-123-124-87(4,5)42-37-64(97)30-18-19-31-67(98)66-55-65(113-7)54-63(66)59-112-6,40-28-51-115-76(104)36-17-11-9-13-21-44-90-72(100)33-25-48-117-84-61(2)78(106)81(109)69(57-95)121-84)41-29-52-119-86(111)92-46-23-15-14-22-45-91-73(101)34-26-49-118-85-62(3)79(107)82(110)70(58-96)122-85/h60-63,65-66,68-70,77-85,94-96,105-110H,8-59H2,1-7H3,(H,89,99)(H,90,100)(H,91,101)(H,92,111)(H,93,102)/t60?,61?,62?,63-,65+,66?,68?,69?,70?,77?,78?,79?,80?,81?,82?,83?,84?,85?,88?/m1/s1. The molecule has 14 N–H and O–H groups in total. The molecule has 3 heterocycles. The summed E-state index contributed by atoms with van der Waals surface area (Å²) in [6.45, 7) is 10.8. The van der Waals surface area contributed by atoms with Gasteiger partial charge in [0.05, 0.1) is 83.9 Å². The number of aliphatic hydroxyl groups excluding tert-OH is 9. The van der Waals surface area contributed by atoms with Crippen molar-refractivity contribution in [1.82, 2.24) is 26.6 Å². The molecule has 0 aromatic heterocycles. The summed E-state index contributed by atoms with van der Waals surface area (Å²) in [6.07, 6.45) is 6.79. The van der Waals surface area contributed by atoms with E-state index in [4.69, 9.17) is 52.1 Å². The normalized spacial score (nSPS) is 25.7. The summed E-state index contributed by atoms with van der Waals surface area (Å²) < 4.78 is 61.8. The molecule has 3 saturated heterocycles. The van der Waals surface area contributed by atoms with Gasteiger partial charge in [0, 0.05) is 145 Å². The Balaban J connectivity index is 1.28. The average molecular weight is 1810 g/mol. The molecule has 1 saturated carbocycles. The first-order valence-corrected chi connectivity index (χ1v) is 48.3. The third-order valence-corrected chi connectivity index (χ3v) is 27.0. The van der Waals surface area contributed by atoms with Gasteiger partial charge in [-0.2, -0.15) is 0 Å². The van der Waals surface area contributed by atoms with Gasteiger partial charge in [0.2, 0.25) is 23.6 Å². The van der Waals surface area contributed by atoms with Crippen molar-refractivity contribution in [3.05, 3.63) is 0 Å².